The number of hydrogen-bond donors (Lipinski definition) is 1. The first kappa shape index (κ1) is 18.6. The normalized spacial score (nSPS) is 21.4. The predicted octanol–water partition coefficient (Wildman–Crippen LogP) is 3.17. The maximum absolute atomic E-state index is 12.4. The lowest BCUT2D eigenvalue weighted by molar-refractivity contribution is -0.141. The molecule has 2 rings (SSSR count). The Kier molecular flexibility index (Phi) is 6.54. The van der Waals surface area contributed by atoms with Gasteiger partial charge in [0.25, 0.3) is 0 Å². The number of nitrogens with one attached hydrogen (secondary N) is 1. The molecule has 6 heteroatoms. The van der Waals surface area contributed by atoms with Crippen LogP contribution in [0.2, 0.25) is 0 Å². The van der Waals surface area contributed by atoms with E-state index in [-0.39, 0.29) is 35.9 Å². The molecule has 0 saturated heterocycles. The molecule has 1 saturated carbocycles. The summed E-state index contributed by atoms with van der Waals surface area (Å²) in [4.78, 5) is 35.7. The Hall–Kier alpha value is -1.69. The number of benzene rings is 1. The van der Waals surface area contributed by atoms with Crippen LogP contribution in [0.25, 0.3) is 0 Å². The highest BCUT2D eigenvalue weighted by Crippen LogP contribution is 2.31. The minimum absolute atomic E-state index is 0.0671. The molecule has 3 atom stereocenters. The van der Waals surface area contributed by atoms with Crippen LogP contribution in [0.3, 0.4) is 0 Å². The van der Waals surface area contributed by atoms with Crippen molar-refractivity contribution in [1.82, 2.24) is 5.32 Å². The van der Waals surface area contributed by atoms with E-state index in [1.807, 2.05) is 31.2 Å². The van der Waals surface area contributed by atoms with Crippen molar-refractivity contribution in [1.29, 1.82) is 0 Å². The average Bonchev–Trinajstić information content (AvgIpc) is 2.86. The molecule has 1 amide bonds. The van der Waals surface area contributed by atoms with Crippen LogP contribution in [0.15, 0.2) is 28.7 Å². The van der Waals surface area contributed by atoms with Crippen molar-refractivity contribution in [2.24, 2.45) is 11.8 Å². The molecule has 1 N–H and O–H groups in total. The standard InChI is InChI=1S/C18H22BrNO4/c1-11-13(5-8-16(11)21)9-17(22)20-15(10-18(23)24-2)12-3-6-14(19)7-4-12/h3-4,6-7,11,13,15H,5,8-10H2,1-2H3,(H,20,22). The summed E-state index contributed by atoms with van der Waals surface area (Å²) in [5.74, 6) is -0.276. The van der Waals surface area contributed by atoms with Crippen LogP contribution in [0.1, 0.15) is 44.2 Å². The molecule has 1 fully saturated rings. The number of amides is 1. The third kappa shape index (κ3) is 4.90. The van der Waals surface area contributed by atoms with Gasteiger partial charge in [-0.25, -0.2) is 0 Å². The largest absolute Gasteiger partial charge is 0.469 e. The number of carbonyl (C=O) groups excluding carboxylic acids is 3. The van der Waals surface area contributed by atoms with Crippen LogP contribution in [-0.4, -0.2) is 24.8 Å². The van der Waals surface area contributed by atoms with E-state index >= 15 is 0 Å². The van der Waals surface area contributed by atoms with Gasteiger partial charge >= 0.3 is 5.97 Å². The first-order valence-corrected chi connectivity index (χ1v) is 8.84. The van der Waals surface area contributed by atoms with Gasteiger partial charge in [-0.3, -0.25) is 14.4 Å². The number of Topliss-reactive ketones (excluding diaryl/α,β-unsaturated/α-hetero) is 1. The molecule has 1 aliphatic rings. The molecule has 0 spiro atoms. The fourth-order valence-corrected chi connectivity index (χ4v) is 3.30. The zero-order chi connectivity index (χ0) is 17.7. The van der Waals surface area contributed by atoms with Crippen LogP contribution >= 0.6 is 15.9 Å². The smallest absolute Gasteiger partial charge is 0.307 e. The molecular weight excluding hydrogens is 374 g/mol. The van der Waals surface area contributed by atoms with Crippen molar-refractivity contribution in [3.63, 3.8) is 0 Å². The number of ether oxygens (including phenoxy) is 1. The van der Waals surface area contributed by atoms with Crippen LogP contribution in [0.5, 0.6) is 0 Å². The van der Waals surface area contributed by atoms with E-state index in [1.165, 1.54) is 7.11 Å². The van der Waals surface area contributed by atoms with Gasteiger partial charge in [0.2, 0.25) is 5.91 Å². The van der Waals surface area contributed by atoms with Gasteiger partial charge in [-0.05, 0) is 30.0 Å². The molecule has 0 radical (unpaired) electrons. The number of esters is 1. The van der Waals surface area contributed by atoms with E-state index < -0.39 is 6.04 Å². The summed E-state index contributed by atoms with van der Waals surface area (Å²) >= 11 is 3.37. The molecule has 24 heavy (non-hydrogen) atoms. The fourth-order valence-electron chi connectivity index (χ4n) is 3.04. The first-order valence-electron chi connectivity index (χ1n) is 8.05. The van der Waals surface area contributed by atoms with E-state index in [0.29, 0.717) is 12.8 Å². The summed E-state index contributed by atoms with van der Waals surface area (Å²) in [6.45, 7) is 1.88. The summed E-state index contributed by atoms with van der Waals surface area (Å²) in [5.41, 5.74) is 0.840. The lowest BCUT2D eigenvalue weighted by atomic mass is 9.93. The molecule has 1 aromatic rings. The van der Waals surface area contributed by atoms with Gasteiger partial charge < -0.3 is 10.1 Å². The number of methoxy groups -OCH3 is 1. The van der Waals surface area contributed by atoms with E-state index in [1.54, 1.807) is 0 Å². The van der Waals surface area contributed by atoms with Gasteiger partial charge in [-0.2, -0.15) is 0 Å². The zero-order valence-electron chi connectivity index (χ0n) is 13.9. The van der Waals surface area contributed by atoms with Gasteiger partial charge in [-0.15, -0.1) is 0 Å². The van der Waals surface area contributed by atoms with Crippen LogP contribution in [0, 0.1) is 11.8 Å². The van der Waals surface area contributed by atoms with E-state index in [0.717, 1.165) is 16.5 Å². The van der Waals surface area contributed by atoms with Gasteiger partial charge in [0.15, 0.2) is 0 Å². The van der Waals surface area contributed by atoms with Crippen LogP contribution in [0.4, 0.5) is 0 Å². The molecule has 5 nitrogen and oxygen atoms in total. The quantitative estimate of drug-likeness (QED) is 0.750. The number of ketones is 1. The maximum Gasteiger partial charge on any atom is 0.307 e. The highest BCUT2D eigenvalue weighted by Gasteiger charge is 2.32. The highest BCUT2D eigenvalue weighted by molar-refractivity contribution is 9.10. The summed E-state index contributed by atoms with van der Waals surface area (Å²) in [5, 5.41) is 2.91. The van der Waals surface area contributed by atoms with E-state index in [9.17, 15) is 14.4 Å². The zero-order valence-corrected chi connectivity index (χ0v) is 15.5. The lowest BCUT2D eigenvalue weighted by Crippen LogP contribution is -2.32. The lowest BCUT2D eigenvalue weighted by Gasteiger charge is -2.20. The topological polar surface area (TPSA) is 72.5 Å². The Morgan fingerprint density at radius 1 is 1.33 bits per heavy atom. The summed E-state index contributed by atoms with van der Waals surface area (Å²) in [7, 11) is 1.33. The molecule has 1 aliphatic carbocycles. The van der Waals surface area contributed by atoms with E-state index in [2.05, 4.69) is 21.2 Å². The fraction of sp³-hybridized carbons (Fsp3) is 0.500. The third-order valence-electron chi connectivity index (χ3n) is 4.63. The summed E-state index contributed by atoms with van der Waals surface area (Å²) < 4.78 is 5.65. The Morgan fingerprint density at radius 3 is 2.54 bits per heavy atom. The van der Waals surface area contributed by atoms with Crippen molar-refractivity contribution in [2.75, 3.05) is 7.11 Å². The second-order valence-corrected chi connectivity index (χ2v) is 7.13. The van der Waals surface area contributed by atoms with Gasteiger partial charge in [-0.1, -0.05) is 35.0 Å². The summed E-state index contributed by atoms with van der Waals surface area (Å²) in [6, 6.07) is 7.01. The van der Waals surface area contributed by atoms with Crippen LogP contribution in [-0.2, 0) is 19.1 Å². The SMILES string of the molecule is COC(=O)CC(NC(=O)CC1CCC(=O)C1C)c1ccc(Br)cc1. The second-order valence-electron chi connectivity index (χ2n) is 6.21. The molecule has 0 aliphatic heterocycles. The number of halogens is 1. The van der Waals surface area contributed by atoms with Crippen molar-refractivity contribution in [3.05, 3.63) is 34.3 Å². The first-order chi connectivity index (χ1) is 11.4. The Balaban J connectivity index is 2.04. The van der Waals surface area contributed by atoms with Crippen molar-refractivity contribution < 1.29 is 19.1 Å². The average molecular weight is 396 g/mol. The molecule has 130 valence electrons. The maximum atomic E-state index is 12.4. The number of rotatable bonds is 6. The Bertz CT molecular complexity index is 614. The van der Waals surface area contributed by atoms with Gasteiger partial charge in [0, 0.05) is 23.2 Å². The van der Waals surface area contributed by atoms with Crippen LogP contribution < -0.4 is 5.32 Å². The minimum atomic E-state index is -0.439. The summed E-state index contributed by atoms with van der Waals surface area (Å²) in [6.07, 6.45) is 1.69. The molecule has 0 bridgehead atoms. The monoisotopic (exact) mass is 395 g/mol. The van der Waals surface area contributed by atoms with Crippen molar-refractivity contribution in [3.8, 4) is 0 Å². The number of hydrogen-bond acceptors (Lipinski definition) is 4. The molecule has 3 unspecified atom stereocenters. The molecule has 0 aromatic heterocycles. The van der Waals surface area contributed by atoms with Gasteiger partial charge in [0.1, 0.15) is 5.78 Å². The third-order valence-corrected chi connectivity index (χ3v) is 5.16. The van der Waals surface area contributed by atoms with Gasteiger partial charge in [0.05, 0.1) is 19.6 Å². The van der Waals surface area contributed by atoms with E-state index in [4.69, 9.17) is 4.74 Å². The molecule has 0 heterocycles. The number of carbonyl (C=O) groups is 3. The Morgan fingerprint density at radius 2 is 2.00 bits per heavy atom. The Labute approximate surface area is 150 Å². The second kappa shape index (κ2) is 8.42. The van der Waals surface area contributed by atoms with Crippen molar-refractivity contribution in [2.45, 2.75) is 38.6 Å². The highest BCUT2D eigenvalue weighted by atomic mass is 79.9. The molecule has 1 aromatic carbocycles. The molecular formula is C18H22BrNO4. The minimum Gasteiger partial charge on any atom is -0.469 e. The predicted molar refractivity (Wildman–Crippen MR) is 93.2 cm³/mol. The van der Waals surface area contributed by atoms with Crippen molar-refractivity contribution >= 4 is 33.6 Å².